The highest BCUT2D eigenvalue weighted by Gasteiger charge is 2.31. The molecule has 0 radical (unpaired) electrons. The normalized spacial score (nSPS) is 14.9. The number of benzene rings is 1. The minimum atomic E-state index is -0.647. The van der Waals surface area contributed by atoms with E-state index in [2.05, 4.69) is 20.5 Å². The van der Waals surface area contributed by atoms with E-state index in [1.54, 1.807) is 35.1 Å². The van der Waals surface area contributed by atoms with Crippen molar-refractivity contribution in [2.24, 2.45) is 0 Å². The van der Waals surface area contributed by atoms with Crippen LogP contribution in [-0.2, 0) is 22.4 Å². The number of tetrazole rings is 1. The first-order valence-corrected chi connectivity index (χ1v) is 10.5. The van der Waals surface area contributed by atoms with Crippen molar-refractivity contribution in [2.75, 3.05) is 26.2 Å². The highest BCUT2D eigenvalue weighted by atomic mass is 19.1. The van der Waals surface area contributed by atoms with Crippen LogP contribution in [0.25, 0.3) is 0 Å². The Morgan fingerprint density at radius 2 is 1.75 bits per heavy atom. The third-order valence-corrected chi connectivity index (χ3v) is 5.58. The van der Waals surface area contributed by atoms with E-state index in [4.69, 9.17) is 0 Å². The molecule has 1 fully saturated rings. The lowest BCUT2D eigenvalue weighted by molar-refractivity contribution is -0.141. The summed E-state index contributed by atoms with van der Waals surface area (Å²) in [5, 5.41) is 11.6. The molecular weight excluding hydrogens is 413 g/mol. The molecule has 9 nitrogen and oxygen atoms in total. The highest BCUT2D eigenvalue weighted by Crippen LogP contribution is 2.19. The Kier molecular flexibility index (Phi) is 6.48. The lowest BCUT2D eigenvalue weighted by atomic mass is 10.0. The van der Waals surface area contributed by atoms with Gasteiger partial charge in [0.05, 0.1) is 6.42 Å². The number of carbonyl (C=O) groups excluding carboxylic acids is 2. The standard InChI is InChI=1S/C22H24FN7O2/c1-16-25-26-27-30(16)20(14-17-5-7-18(23)8-6-17)22(32)29-12-10-28(11-13-29)21(31)15-19-4-2-3-9-24-19/h2-9,20H,10-15H2,1H3. The lowest BCUT2D eigenvalue weighted by Gasteiger charge is -2.36. The number of hydrogen-bond donors (Lipinski definition) is 0. The van der Waals surface area contributed by atoms with Gasteiger partial charge in [0.1, 0.15) is 17.7 Å². The van der Waals surface area contributed by atoms with Crippen LogP contribution in [0.3, 0.4) is 0 Å². The van der Waals surface area contributed by atoms with Gasteiger partial charge >= 0.3 is 0 Å². The van der Waals surface area contributed by atoms with E-state index >= 15 is 0 Å². The summed E-state index contributed by atoms with van der Waals surface area (Å²) in [6.45, 7) is 3.49. The van der Waals surface area contributed by atoms with Crippen LogP contribution < -0.4 is 0 Å². The molecule has 2 amide bonds. The summed E-state index contributed by atoms with van der Waals surface area (Å²) < 4.78 is 14.8. The van der Waals surface area contributed by atoms with Crippen molar-refractivity contribution < 1.29 is 14.0 Å². The second-order valence-electron chi connectivity index (χ2n) is 7.72. The molecule has 1 aromatic carbocycles. The van der Waals surface area contributed by atoms with Crippen LogP contribution in [0.2, 0.25) is 0 Å². The first-order chi connectivity index (χ1) is 15.5. The zero-order valence-electron chi connectivity index (χ0n) is 17.8. The molecule has 1 aliphatic heterocycles. The lowest BCUT2D eigenvalue weighted by Crippen LogP contribution is -2.52. The van der Waals surface area contributed by atoms with Crippen LogP contribution in [0, 0.1) is 12.7 Å². The smallest absolute Gasteiger partial charge is 0.248 e. The minimum absolute atomic E-state index is 0.00465. The van der Waals surface area contributed by atoms with E-state index < -0.39 is 6.04 Å². The van der Waals surface area contributed by atoms with Crippen LogP contribution in [0.4, 0.5) is 4.39 Å². The molecule has 0 bridgehead atoms. The molecule has 1 aliphatic rings. The Balaban J connectivity index is 1.42. The van der Waals surface area contributed by atoms with Crippen molar-refractivity contribution in [3.05, 3.63) is 71.6 Å². The summed E-state index contributed by atoms with van der Waals surface area (Å²) in [6, 6.07) is 10.9. The van der Waals surface area contributed by atoms with Gasteiger partial charge in [0.2, 0.25) is 11.8 Å². The third-order valence-electron chi connectivity index (χ3n) is 5.58. The Hall–Kier alpha value is -3.69. The number of pyridine rings is 1. The van der Waals surface area contributed by atoms with E-state index in [1.165, 1.54) is 16.8 Å². The van der Waals surface area contributed by atoms with Crippen LogP contribution in [-0.4, -0.2) is 73.0 Å². The second-order valence-corrected chi connectivity index (χ2v) is 7.72. The van der Waals surface area contributed by atoms with Gasteiger partial charge in [-0.05, 0) is 47.2 Å². The van der Waals surface area contributed by atoms with E-state index in [0.29, 0.717) is 38.4 Å². The van der Waals surface area contributed by atoms with Gasteiger partial charge in [-0.2, -0.15) is 0 Å². The monoisotopic (exact) mass is 437 g/mol. The third kappa shape index (κ3) is 4.96. The Bertz CT molecular complexity index is 1060. The molecule has 1 saturated heterocycles. The molecule has 1 atom stereocenters. The summed E-state index contributed by atoms with van der Waals surface area (Å²) >= 11 is 0. The van der Waals surface area contributed by atoms with Crippen molar-refractivity contribution in [1.29, 1.82) is 0 Å². The van der Waals surface area contributed by atoms with Gasteiger partial charge in [0.15, 0.2) is 0 Å². The van der Waals surface area contributed by atoms with Gasteiger partial charge in [-0.25, -0.2) is 9.07 Å². The second kappa shape index (κ2) is 9.63. The largest absolute Gasteiger partial charge is 0.339 e. The molecule has 3 heterocycles. The van der Waals surface area contributed by atoms with E-state index in [9.17, 15) is 14.0 Å². The van der Waals surface area contributed by atoms with Crippen molar-refractivity contribution in [1.82, 2.24) is 35.0 Å². The fraction of sp³-hybridized carbons (Fsp3) is 0.364. The molecule has 0 saturated carbocycles. The Morgan fingerprint density at radius 3 is 2.38 bits per heavy atom. The molecule has 2 aromatic heterocycles. The molecule has 3 aromatic rings. The first kappa shape index (κ1) is 21.5. The molecule has 1 unspecified atom stereocenters. The predicted octanol–water partition coefficient (Wildman–Crippen LogP) is 1.21. The van der Waals surface area contributed by atoms with Crippen LogP contribution in [0.5, 0.6) is 0 Å². The Labute approximate surface area is 184 Å². The summed E-state index contributed by atoms with van der Waals surface area (Å²) in [4.78, 5) is 33.7. The summed E-state index contributed by atoms with van der Waals surface area (Å²) in [7, 11) is 0. The molecular formula is C22H24FN7O2. The maximum Gasteiger partial charge on any atom is 0.248 e. The van der Waals surface area contributed by atoms with Crippen LogP contribution >= 0.6 is 0 Å². The molecule has 0 aliphatic carbocycles. The summed E-state index contributed by atoms with van der Waals surface area (Å²) in [5.74, 6) is 0.0629. The number of halogens is 1. The zero-order chi connectivity index (χ0) is 22.5. The molecule has 0 N–H and O–H groups in total. The van der Waals surface area contributed by atoms with Crippen molar-refractivity contribution in [2.45, 2.75) is 25.8 Å². The van der Waals surface area contributed by atoms with Crippen LogP contribution in [0.15, 0.2) is 48.7 Å². The SMILES string of the molecule is Cc1nnnn1C(Cc1ccc(F)cc1)C(=O)N1CCN(C(=O)Cc2ccccn2)CC1. The number of piperazine rings is 1. The van der Waals surface area contributed by atoms with Gasteiger partial charge in [-0.15, -0.1) is 5.10 Å². The molecule has 166 valence electrons. The number of amides is 2. The molecule has 10 heteroatoms. The molecule has 32 heavy (non-hydrogen) atoms. The van der Waals surface area contributed by atoms with Crippen LogP contribution in [0.1, 0.15) is 23.1 Å². The quantitative estimate of drug-likeness (QED) is 0.575. The number of carbonyl (C=O) groups is 2. The van der Waals surface area contributed by atoms with E-state index in [1.807, 2.05) is 18.2 Å². The number of hydrogen-bond acceptors (Lipinski definition) is 6. The van der Waals surface area contributed by atoms with Gasteiger partial charge in [-0.3, -0.25) is 14.6 Å². The Morgan fingerprint density at radius 1 is 1.03 bits per heavy atom. The van der Waals surface area contributed by atoms with Crippen molar-refractivity contribution in [3.63, 3.8) is 0 Å². The first-order valence-electron chi connectivity index (χ1n) is 10.5. The number of rotatable bonds is 6. The van der Waals surface area contributed by atoms with Gasteiger partial charge in [0.25, 0.3) is 0 Å². The topological polar surface area (TPSA) is 97.1 Å². The number of nitrogens with zero attached hydrogens (tertiary/aromatic N) is 7. The maximum absolute atomic E-state index is 13.4. The number of aromatic nitrogens is 5. The van der Waals surface area contributed by atoms with Gasteiger partial charge in [0, 0.05) is 44.5 Å². The summed E-state index contributed by atoms with van der Waals surface area (Å²) in [5.41, 5.74) is 1.54. The fourth-order valence-corrected chi connectivity index (χ4v) is 3.80. The average Bonchev–Trinajstić information content (AvgIpc) is 3.24. The highest BCUT2D eigenvalue weighted by molar-refractivity contribution is 5.82. The number of aryl methyl sites for hydroxylation is 1. The zero-order valence-corrected chi connectivity index (χ0v) is 17.8. The van der Waals surface area contributed by atoms with Gasteiger partial charge in [-0.1, -0.05) is 18.2 Å². The average molecular weight is 437 g/mol. The van der Waals surface area contributed by atoms with Gasteiger partial charge < -0.3 is 9.80 Å². The minimum Gasteiger partial charge on any atom is -0.339 e. The molecule has 0 spiro atoms. The molecule has 4 rings (SSSR count). The van der Waals surface area contributed by atoms with E-state index in [-0.39, 0.29) is 24.1 Å². The van der Waals surface area contributed by atoms with E-state index in [0.717, 1.165) is 11.3 Å². The van der Waals surface area contributed by atoms with Crippen molar-refractivity contribution in [3.8, 4) is 0 Å². The predicted molar refractivity (Wildman–Crippen MR) is 113 cm³/mol. The fourth-order valence-electron chi connectivity index (χ4n) is 3.80. The maximum atomic E-state index is 13.4. The van der Waals surface area contributed by atoms with Crippen molar-refractivity contribution >= 4 is 11.8 Å². The summed E-state index contributed by atoms with van der Waals surface area (Å²) in [6.07, 6.45) is 2.25.